The maximum atomic E-state index is 5.45. The second kappa shape index (κ2) is 6.42. The molecule has 1 aliphatic heterocycles. The van der Waals surface area contributed by atoms with E-state index in [2.05, 4.69) is 65.1 Å². The molecule has 5 heteroatoms. The fourth-order valence-corrected chi connectivity index (χ4v) is 3.33. The van der Waals surface area contributed by atoms with Crippen molar-refractivity contribution in [3.8, 4) is 5.69 Å². The van der Waals surface area contributed by atoms with Crippen LogP contribution in [0.15, 0.2) is 42.9 Å². The molecule has 0 spiro atoms. The zero-order valence-electron chi connectivity index (χ0n) is 14.4. The Kier molecular flexibility index (Phi) is 4.12. The van der Waals surface area contributed by atoms with Gasteiger partial charge in [0.1, 0.15) is 0 Å². The summed E-state index contributed by atoms with van der Waals surface area (Å²) in [6.45, 7) is 8.97. The predicted octanol–water partition coefficient (Wildman–Crippen LogP) is 3.24. The van der Waals surface area contributed by atoms with Crippen molar-refractivity contribution in [2.24, 2.45) is 0 Å². The van der Waals surface area contributed by atoms with Crippen LogP contribution in [0.3, 0.4) is 0 Å². The van der Waals surface area contributed by atoms with Crippen LogP contribution in [0.5, 0.6) is 0 Å². The fourth-order valence-electron chi connectivity index (χ4n) is 3.33. The number of rotatable bonds is 4. The number of ether oxygens (including phenoxy) is 1. The van der Waals surface area contributed by atoms with Crippen LogP contribution in [-0.2, 0) is 11.3 Å². The van der Waals surface area contributed by atoms with Gasteiger partial charge in [0.15, 0.2) is 0 Å². The molecule has 5 nitrogen and oxygen atoms in total. The largest absolute Gasteiger partial charge is 0.379 e. The molecule has 0 amide bonds. The SMILES string of the molecule is CC(C)n1cc(-n2ccc3c(CN4CCOCC4)cccc32)cn1. The third-order valence-corrected chi connectivity index (χ3v) is 4.72. The van der Waals surface area contributed by atoms with Crippen molar-refractivity contribution in [2.45, 2.75) is 26.4 Å². The molecule has 1 saturated heterocycles. The average Bonchev–Trinajstić information content (AvgIpc) is 3.23. The van der Waals surface area contributed by atoms with Gasteiger partial charge in [-0.2, -0.15) is 5.10 Å². The summed E-state index contributed by atoms with van der Waals surface area (Å²) >= 11 is 0. The molecule has 0 aliphatic carbocycles. The molecular formula is C19H24N4O. The van der Waals surface area contributed by atoms with Gasteiger partial charge in [-0.25, -0.2) is 0 Å². The van der Waals surface area contributed by atoms with Crippen LogP contribution in [0.4, 0.5) is 0 Å². The third-order valence-electron chi connectivity index (χ3n) is 4.72. The van der Waals surface area contributed by atoms with E-state index in [4.69, 9.17) is 4.74 Å². The molecule has 3 heterocycles. The van der Waals surface area contributed by atoms with E-state index in [9.17, 15) is 0 Å². The number of morpholine rings is 1. The molecule has 2 aromatic heterocycles. The summed E-state index contributed by atoms with van der Waals surface area (Å²) in [5.41, 5.74) is 3.73. The molecule has 3 aromatic rings. The topological polar surface area (TPSA) is 35.2 Å². The van der Waals surface area contributed by atoms with Gasteiger partial charge < -0.3 is 9.30 Å². The second-order valence-electron chi connectivity index (χ2n) is 6.70. The Morgan fingerprint density at radius 3 is 2.75 bits per heavy atom. The van der Waals surface area contributed by atoms with E-state index in [1.807, 2.05) is 10.9 Å². The minimum atomic E-state index is 0.373. The lowest BCUT2D eigenvalue weighted by Gasteiger charge is -2.26. The first kappa shape index (κ1) is 15.4. The highest BCUT2D eigenvalue weighted by atomic mass is 16.5. The van der Waals surface area contributed by atoms with Crippen LogP contribution < -0.4 is 0 Å². The van der Waals surface area contributed by atoms with Gasteiger partial charge in [-0.05, 0) is 31.5 Å². The summed E-state index contributed by atoms with van der Waals surface area (Å²) in [6, 6.07) is 9.17. The van der Waals surface area contributed by atoms with Gasteiger partial charge in [0.2, 0.25) is 0 Å². The molecule has 24 heavy (non-hydrogen) atoms. The van der Waals surface area contributed by atoms with Crippen LogP contribution in [0, 0.1) is 0 Å². The number of fused-ring (bicyclic) bond motifs is 1. The van der Waals surface area contributed by atoms with Gasteiger partial charge in [0, 0.05) is 43.5 Å². The van der Waals surface area contributed by atoms with Crippen LogP contribution in [0.25, 0.3) is 16.6 Å². The van der Waals surface area contributed by atoms with E-state index >= 15 is 0 Å². The van der Waals surface area contributed by atoms with Crippen molar-refractivity contribution < 1.29 is 4.74 Å². The zero-order valence-corrected chi connectivity index (χ0v) is 14.4. The Hall–Kier alpha value is -2.11. The Balaban J connectivity index is 1.67. The lowest BCUT2D eigenvalue weighted by Crippen LogP contribution is -2.35. The van der Waals surface area contributed by atoms with Crippen LogP contribution in [0.1, 0.15) is 25.5 Å². The Morgan fingerprint density at radius 2 is 2.00 bits per heavy atom. The van der Waals surface area contributed by atoms with Crippen molar-refractivity contribution >= 4 is 10.9 Å². The van der Waals surface area contributed by atoms with E-state index in [0.717, 1.165) is 38.5 Å². The number of benzene rings is 1. The molecular weight excluding hydrogens is 300 g/mol. The molecule has 1 aromatic carbocycles. The summed E-state index contributed by atoms with van der Waals surface area (Å²) in [7, 11) is 0. The van der Waals surface area contributed by atoms with E-state index in [1.165, 1.54) is 16.5 Å². The van der Waals surface area contributed by atoms with Crippen molar-refractivity contribution in [1.82, 2.24) is 19.2 Å². The summed E-state index contributed by atoms with van der Waals surface area (Å²) in [5.74, 6) is 0. The Morgan fingerprint density at radius 1 is 1.17 bits per heavy atom. The molecule has 0 radical (unpaired) electrons. The minimum Gasteiger partial charge on any atom is -0.379 e. The Bertz CT molecular complexity index is 827. The standard InChI is InChI=1S/C19H24N4O/c1-15(2)23-14-17(12-20-23)22-7-6-18-16(4-3-5-19(18)22)13-21-8-10-24-11-9-21/h3-7,12,14-15H,8-11,13H2,1-2H3. The van der Waals surface area contributed by atoms with Crippen LogP contribution in [-0.4, -0.2) is 45.6 Å². The normalized spacial score (nSPS) is 16.3. The molecule has 126 valence electrons. The first-order chi connectivity index (χ1) is 11.7. The van der Waals surface area contributed by atoms with Gasteiger partial charge in [0.05, 0.1) is 30.6 Å². The molecule has 4 rings (SSSR count). The zero-order chi connectivity index (χ0) is 16.5. The maximum absolute atomic E-state index is 5.45. The fraction of sp³-hybridized carbons (Fsp3) is 0.421. The number of aromatic nitrogens is 3. The van der Waals surface area contributed by atoms with Crippen LogP contribution >= 0.6 is 0 Å². The van der Waals surface area contributed by atoms with Gasteiger partial charge in [-0.3, -0.25) is 9.58 Å². The lowest BCUT2D eigenvalue weighted by atomic mass is 10.1. The molecule has 0 N–H and O–H groups in total. The summed E-state index contributed by atoms with van der Waals surface area (Å²) < 4.78 is 9.68. The highest BCUT2D eigenvalue weighted by Gasteiger charge is 2.14. The quantitative estimate of drug-likeness (QED) is 0.739. The lowest BCUT2D eigenvalue weighted by molar-refractivity contribution is 0.0344. The molecule has 1 aliphatic rings. The van der Waals surface area contributed by atoms with E-state index in [-0.39, 0.29) is 0 Å². The summed E-state index contributed by atoms with van der Waals surface area (Å²) in [4.78, 5) is 2.46. The number of hydrogen-bond donors (Lipinski definition) is 0. The first-order valence-electron chi connectivity index (χ1n) is 8.66. The second-order valence-corrected chi connectivity index (χ2v) is 6.70. The maximum Gasteiger partial charge on any atom is 0.0838 e. The minimum absolute atomic E-state index is 0.373. The van der Waals surface area contributed by atoms with Crippen LogP contribution in [0.2, 0.25) is 0 Å². The molecule has 0 bridgehead atoms. The summed E-state index contributed by atoms with van der Waals surface area (Å²) in [6.07, 6.45) is 6.20. The van der Waals surface area contributed by atoms with Gasteiger partial charge >= 0.3 is 0 Å². The van der Waals surface area contributed by atoms with E-state index in [1.54, 1.807) is 0 Å². The number of hydrogen-bond acceptors (Lipinski definition) is 3. The van der Waals surface area contributed by atoms with Gasteiger partial charge in [-0.1, -0.05) is 12.1 Å². The van der Waals surface area contributed by atoms with Gasteiger partial charge in [-0.15, -0.1) is 0 Å². The van der Waals surface area contributed by atoms with Crippen molar-refractivity contribution in [3.63, 3.8) is 0 Å². The van der Waals surface area contributed by atoms with Crippen molar-refractivity contribution in [3.05, 3.63) is 48.4 Å². The highest BCUT2D eigenvalue weighted by molar-refractivity contribution is 5.85. The highest BCUT2D eigenvalue weighted by Crippen LogP contribution is 2.25. The molecule has 0 saturated carbocycles. The van der Waals surface area contributed by atoms with Crippen molar-refractivity contribution in [2.75, 3.05) is 26.3 Å². The average molecular weight is 324 g/mol. The van der Waals surface area contributed by atoms with Crippen molar-refractivity contribution in [1.29, 1.82) is 0 Å². The molecule has 1 fully saturated rings. The van der Waals surface area contributed by atoms with E-state index < -0.39 is 0 Å². The Labute approximate surface area is 142 Å². The third kappa shape index (κ3) is 2.85. The van der Waals surface area contributed by atoms with Gasteiger partial charge in [0.25, 0.3) is 0 Å². The summed E-state index contributed by atoms with van der Waals surface area (Å²) in [5, 5.41) is 5.79. The number of nitrogens with zero attached hydrogens (tertiary/aromatic N) is 4. The smallest absolute Gasteiger partial charge is 0.0838 e. The molecule has 0 unspecified atom stereocenters. The first-order valence-corrected chi connectivity index (χ1v) is 8.66. The monoisotopic (exact) mass is 324 g/mol. The van der Waals surface area contributed by atoms with E-state index in [0.29, 0.717) is 6.04 Å². The predicted molar refractivity (Wildman–Crippen MR) is 95.5 cm³/mol. The molecule has 0 atom stereocenters.